The van der Waals surface area contributed by atoms with Crippen LogP contribution in [0.25, 0.3) is 88.1 Å². The molecule has 46 heavy (non-hydrogen) atoms. The summed E-state index contributed by atoms with van der Waals surface area (Å²) in [5, 5.41) is 7.31. The lowest BCUT2D eigenvalue weighted by Gasteiger charge is -2.09. The van der Waals surface area contributed by atoms with Gasteiger partial charge in [-0.3, -0.25) is 0 Å². The third kappa shape index (κ3) is 3.60. The van der Waals surface area contributed by atoms with E-state index in [2.05, 4.69) is 156 Å². The van der Waals surface area contributed by atoms with E-state index in [1.165, 1.54) is 66.0 Å². The summed E-state index contributed by atoms with van der Waals surface area (Å²) in [6.45, 7) is 2.17. The zero-order chi connectivity index (χ0) is 30.4. The molecule has 10 aromatic rings. The van der Waals surface area contributed by atoms with Crippen LogP contribution in [0.4, 0.5) is 0 Å². The Labute approximate surface area is 265 Å². The highest BCUT2D eigenvalue weighted by Gasteiger charge is 2.17. The van der Waals surface area contributed by atoms with Crippen molar-refractivity contribution in [2.24, 2.45) is 0 Å². The second-order valence-corrected chi connectivity index (χ2v) is 12.3. The third-order valence-corrected chi connectivity index (χ3v) is 9.56. The predicted octanol–water partition coefficient (Wildman–Crippen LogP) is 11.8. The lowest BCUT2D eigenvalue weighted by Crippen LogP contribution is -1.93. The second-order valence-electron chi connectivity index (χ2n) is 12.3. The van der Waals surface area contributed by atoms with Crippen molar-refractivity contribution >= 4 is 65.6 Å². The van der Waals surface area contributed by atoms with Gasteiger partial charge in [0, 0.05) is 49.8 Å². The van der Waals surface area contributed by atoms with Gasteiger partial charge in [-0.25, -0.2) is 0 Å². The Morgan fingerprint density at radius 2 is 0.935 bits per heavy atom. The van der Waals surface area contributed by atoms with E-state index in [0.29, 0.717) is 0 Å². The zero-order valence-corrected chi connectivity index (χ0v) is 25.2. The largest absolute Gasteiger partial charge is 0.456 e. The fourth-order valence-corrected chi connectivity index (χ4v) is 7.46. The Morgan fingerprint density at radius 1 is 0.370 bits per heavy atom. The summed E-state index contributed by atoms with van der Waals surface area (Å²) in [4.78, 5) is 0. The second kappa shape index (κ2) is 9.47. The first-order valence-corrected chi connectivity index (χ1v) is 15.8. The zero-order valence-electron chi connectivity index (χ0n) is 25.2. The molecule has 216 valence electrons. The first kappa shape index (κ1) is 25.3. The first-order valence-electron chi connectivity index (χ1n) is 15.8. The van der Waals surface area contributed by atoms with E-state index in [1.807, 2.05) is 12.1 Å². The quantitative estimate of drug-likeness (QED) is 0.201. The molecule has 0 atom stereocenters. The number of fused-ring (bicyclic) bond motifs is 9. The summed E-state index contributed by atoms with van der Waals surface area (Å²) in [5.74, 6) is 0. The van der Waals surface area contributed by atoms with Gasteiger partial charge in [-0.05, 0) is 90.8 Å². The van der Waals surface area contributed by atoms with Crippen LogP contribution in [0.5, 0.6) is 0 Å². The van der Waals surface area contributed by atoms with Crippen LogP contribution >= 0.6 is 0 Å². The molecule has 3 heteroatoms. The van der Waals surface area contributed by atoms with Gasteiger partial charge in [0.05, 0.1) is 22.1 Å². The highest BCUT2D eigenvalue weighted by Crippen LogP contribution is 2.39. The number of hydrogen-bond acceptors (Lipinski definition) is 1. The van der Waals surface area contributed by atoms with Crippen molar-refractivity contribution in [2.45, 2.75) is 6.92 Å². The Kier molecular flexibility index (Phi) is 5.20. The van der Waals surface area contributed by atoms with Gasteiger partial charge in [-0.2, -0.15) is 0 Å². The van der Waals surface area contributed by atoms with Crippen LogP contribution < -0.4 is 0 Å². The smallest absolute Gasteiger partial charge is 0.137 e. The van der Waals surface area contributed by atoms with Gasteiger partial charge in [0.2, 0.25) is 0 Å². The van der Waals surface area contributed by atoms with Crippen LogP contribution in [0.2, 0.25) is 0 Å². The standard InChI is InChI=1S/C43H28N2O/c1-27-15-20-39-35(23-27)37-25-29(17-22-41(37)45(39)31-18-19-34-33-12-6-8-14-42(33)46-43(34)26-31)28-16-21-40-36(24-28)32-11-5-7-13-38(32)44(40)30-9-3-2-4-10-30/h2-26H,1H3. The Bertz CT molecular complexity index is 2810. The monoisotopic (exact) mass is 588 g/mol. The van der Waals surface area contributed by atoms with Crippen molar-refractivity contribution < 1.29 is 4.42 Å². The molecule has 0 aliphatic heterocycles. The van der Waals surface area contributed by atoms with Crippen LogP contribution in [0.1, 0.15) is 5.56 Å². The van der Waals surface area contributed by atoms with Gasteiger partial charge in [-0.15, -0.1) is 0 Å². The maximum Gasteiger partial charge on any atom is 0.137 e. The van der Waals surface area contributed by atoms with E-state index in [-0.39, 0.29) is 0 Å². The summed E-state index contributed by atoms with van der Waals surface area (Å²) in [7, 11) is 0. The molecule has 3 heterocycles. The Hall–Kier alpha value is -6.06. The van der Waals surface area contributed by atoms with Gasteiger partial charge in [0.15, 0.2) is 0 Å². The Morgan fingerprint density at radius 3 is 1.72 bits per heavy atom. The topological polar surface area (TPSA) is 23.0 Å². The number of rotatable bonds is 3. The molecule has 0 aliphatic carbocycles. The molecule has 3 nitrogen and oxygen atoms in total. The number of furan rings is 1. The average molecular weight is 589 g/mol. The lowest BCUT2D eigenvalue weighted by atomic mass is 10.0. The van der Waals surface area contributed by atoms with Crippen molar-refractivity contribution in [2.75, 3.05) is 0 Å². The average Bonchev–Trinajstić information content (AvgIpc) is 3.75. The molecule has 7 aromatic carbocycles. The first-order chi connectivity index (χ1) is 22.7. The van der Waals surface area contributed by atoms with Gasteiger partial charge < -0.3 is 13.6 Å². The predicted molar refractivity (Wildman–Crippen MR) is 193 cm³/mol. The van der Waals surface area contributed by atoms with Crippen molar-refractivity contribution in [3.8, 4) is 22.5 Å². The summed E-state index contributed by atoms with van der Waals surface area (Å²) in [5.41, 5.74) is 12.6. The summed E-state index contributed by atoms with van der Waals surface area (Å²) >= 11 is 0. The normalized spacial score (nSPS) is 12.0. The maximum absolute atomic E-state index is 6.29. The van der Waals surface area contributed by atoms with Crippen molar-refractivity contribution in [3.05, 3.63) is 157 Å². The van der Waals surface area contributed by atoms with Crippen LogP contribution in [-0.2, 0) is 0 Å². The van der Waals surface area contributed by atoms with Crippen LogP contribution in [0, 0.1) is 6.92 Å². The van der Waals surface area contributed by atoms with E-state index < -0.39 is 0 Å². The van der Waals surface area contributed by atoms with Crippen molar-refractivity contribution in [1.82, 2.24) is 9.13 Å². The number of para-hydroxylation sites is 3. The molecule has 0 radical (unpaired) electrons. The van der Waals surface area contributed by atoms with Gasteiger partial charge in [0.1, 0.15) is 11.2 Å². The minimum Gasteiger partial charge on any atom is -0.456 e. The van der Waals surface area contributed by atoms with Crippen LogP contribution in [0.3, 0.4) is 0 Å². The van der Waals surface area contributed by atoms with Gasteiger partial charge in [0.25, 0.3) is 0 Å². The number of aryl methyl sites for hydroxylation is 1. The number of hydrogen-bond donors (Lipinski definition) is 0. The van der Waals surface area contributed by atoms with Crippen molar-refractivity contribution in [3.63, 3.8) is 0 Å². The van der Waals surface area contributed by atoms with Crippen LogP contribution in [0.15, 0.2) is 156 Å². The molecule has 0 N–H and O–H groups in total. The van der Waals surface area contributed by atoms with Crippen molar-refractivity contribution in [1.29, 1.82) is 0 Å². The van der Waals surface area contributed by atoms with E-state index in [1.54, 1.807) is 0 Å². The van der Waals surface area contributed by atoms with E-state index in [0.717, 1.165) is 27.6 Å². The number of aromatic nitrogens is 2. The lowest BCUT2D eigenvalue weighted by molar-refractivity contribution is 0.668. The molecule has 0 saturated carbocycles. The summed E-state index contributed by atoms with van der Waals surface area (Å²) in [6, 6.07) is 54.8. The Balaban J connectivity index is 1.18. The molecule has 10 rings (SSSR count). The van der Waals surface area contributed by atoms with Crippen LogP contribution in [-0.4, -0.2) is 9.13 Å². The fraction of sp³-hybridized carbons (Fsp3) is 0.0233. The minimum absolute atomic E-state index is 0.903. The molecule has 0 aliphatic rings. The highest BCUT2D eigenvalue weighted by atomic mass is 16.3. The summed E-state index contributed by atoms with van der Waals surface area (Å²) in [6.07, 6.45) is 0. The SMILES string of the molecule is Cc1ccc2c(c1)c1cc(-c3ccc4c(c3)c3ccccc3n4-c3ccccc3)ccc1n2-c1ccc2c(c1)oc1ccccc12. The molecule has 0 bridgehead atoms. The third-order valence-electron chi connectivity index (χ3n) is 9.56. The maximum atomic E-state index is 6.29. The molecular weight excluding hydrogens is 560 g/mol. The van der Waals surface area contributed by atoms with Gasteiger partial charge >= 0.3 is 0 Å². The molecule has 0 unspecified atom stereocenters. The number of benzene rings is 7. The van der Waals surface area contributed by atoms with E-state index >= 15 is 0 Å². The molecule has 0 amide bonds. The van der Waals surface area contributed by atoms with E-state index in [4.69, 9.17) is 4.42 Å². The molecular formula is C43H28N2O. The van der Waals surface area contributed by atoms with E-state index in [9.17, 15) is 0 Å². The molecule has 0 saturated heterocycles. The van der Waals surface area contributed by atoms with Gasteiger partial charge in [-0.1, -0.05) is 78.4 Å². The summed E-state index contributed by atoms with van der Waals surface area (Å²) < 4.78 is 11.0. The highest BCUT2D eigenvalue weighted by molar-refractivity contribution is 6.13. The molecule has 3 aromatic heterocycles. The number of nitrogens with zero attached hydrogens (tertiary/aromatic N) is 2. The minimum atomic E-state index is 0.903. The molecule has 0 fully saturated rings. The molecule has 0 spiro atoms. The fourth-order valence-electron chi connectivity index (χ4n) is 7.46.